The maximum absolute atomic E-state index is 6.02. The van der Waals surface area contributed by atoms with Gasteiger partial charge in [0.05, 0.1) is 17.1 Å². The van der Waals surface area contributed by atoms with Crippen LogP contribution in [0.4, 0.5) is 0 Å². The van der Waals surface area contributed by atoms with Gasteiger partial charge in [-0.3, -0.25) is 4.98 Å². The van der Waals surface area contributed by atoms with E-state index in [0.717, 1.165) is 10.2 Å². The van der Waals surface area contributed by atoms with Gasteiger partial charge in [-0.15, -0.1) is 0 Å². The molecule has 0 fully saturated rings. The molecule has 2 rings (SSSR count). The Morgan fingerprint density at radius 1 is 1.44 bits per heavy atom. The zero-order valence-electron chi connectivity index (χ0n) is 8.87. The first-order valence-electron chi connectivity index (χ1n) is 4.86. The van der Waals surface area contributed by atoms with Gasteiger partial charge in [-0.05, 0) is 31.3 Å². The van der Waals surface area contributed by atoms with Crippen LogP contribution >= 0.6 is 15.9 Å². The Morgan fingerprint density at radius 2 is 2.19 bits per heavy atom. The molecule has 1 aromatic rings. The van der Waals surface area contributed by atoms with Crippen LogP contribution in [0.5, 0.6) is 0 Å². The number of pyridine rings is 1. The minimum absolute atomic E-state index is 0.553. The highest BCUT2D eigenvalue weighted by Gasteiger charge is 2.33. The Balaban J connectivity index is 2.51. The molecule has 1 aromatic heterocycles. The SMILES string of the molecule is CC1(c2cc(Br)ccn2)NC=CC(N)=C1N. The van der Waals surface area contributed by atoms with E-state index in [1.807, 2.05) is 19.1 Å². The van der Waals surface area contributed by atoms with Crippen LogP contribution in [0, 0.1) is 0 Å². The van der Waals surface area contributed by atoms with E-state index in [1.54, 1.807) is 18.5 Å². The monoisotopic (exact) mass is 280 g/mol. The minimum atomic E-state index is -0.553. The van der Waals surface area contributed by atoms with Crippen molar-refractivity contribution in [2.45, 2.75) is 12.5 Å². The Kier molecular flexibility index (Phi) is 2.63. The summed E-state index contributed by atoms with van der Waals surface area (Å²) < 4.78 is 0.960. The van der Waals surface area contributed by atoms with Crippen molar-refractivity contribution < 1.29 is 0 Å². The van der Waals surface area contributed by atoms with E-state index < -0.39 is 5.54 Å². The second-order valence-corrected chi connectivity index (χ2v) is 4.75. The van der Waals surface area contributed by atoms with Gasteiger partial charge in [0.15, 0.2) is 0 Å². The van der Waals surface area contributed by atoms with E-state index in [0.29, 0.717) is 11.4 Å². The largest absolute Gasteiger partial charge is 0.398 e. The van der Waals surface area contributed by atoms with Crippen molar-refractivity contribution in [3.63, 3.8) is 0 Å². The maximum atomic E-state index is 6.02. The highest BCUT2D eigenvalue weighted by atomic mass is 79.9. The second kappa shape index (κ2) is 3.83. The fraction of sp³-hybridized carbons (Fsp3) is 0.182. The summed E-state index contributed by atoms with van der Waals surface area (Å²) in [6.07, 6.45) is 5.26. The van der Waals surface area contributed by atoms with Crippen molar-refractivity contribution in [1.29, 1.82) is 0 Å². The zero-order chi connectivity index (χ0) is 11.8. The summed E-state index contributed by atoms with van der Waals surface area (Å²) in [6, 6.07) is 3.79. The molecule has 5 heteroatoms. The quantitative estimate of drug-likeness (QED) is 0.725. The van der Waals surface area contributed by atoms with E-state index in [1.165, 1.54) is 0 Å². The Labute approximate surface area is 103 Å². The molecule has 84 valence electrons. The first-order chi connectivity index (χ1) is 7.54. The smallest absolute Gasteiger partial charge is 0.118 e. The molecule has 1 unspecified atom stereocenters. The number of rotatable bonds is 1. The number of hydrogen-bond acceptors (Lipinski definition) is 4. The van der Waals surface area contributed by atoms with Gasteiger partial charge in [0.25, 0.3) is 0 Å². The number of halogens is 1. The molecule has 0 bridgehead atoms. The van der Waals surface area contributed by atoms with E-state index in [9.17, 15) is 0 Å². The third-order valence-corrected chi connectivity index (χ3v) is 3.21. The van der Waals surface area contributed by atoms with Crippen molar-refractivity contribution in [3.8, 4) is 0 Å². The standard InChI is InChI=1S/C11H13BrN4/c1-11(9-6-7(12)2-4-15-9)10(14)8(13)3-5-16-11/h2-6,16H,13-14H2,1H3. The molecule has 16 heavy (non-hydrogen) atoms. The van der Waals surface area contributed by atoms with Crippen LogP contribution in [0.15, 0.2) is 46.5 Å². The van der Waals surface area contributed by atoms with Gasteiger partial charge >= 0.3 is 0 Å². The molecule has 0 saturated carbocycles. The lowest BCUT2D eigenvalue weighted by atomic mass is 9.90. The van der Waals surface area contributed by atoms with E-state index in [4.69, 9.17) is 11.5 Å². The molecule has 0 aliphatic carbocycles. The van der Waals surface area contributed by atoms with Gasteiger partial charge in [-0.25, -0.2) is 0 Å². The number of allylic oxidation sites excluding steroid dienone is 1. The Bertz CT molecular complexity index is 481. The summed E-state index contributed by atoms with van der Waals surface area (Å²) in [5.74, 6) is 0. The third kappa shape index (κ3) is 1.67. The van der Waals surface area contributed by atoms with Crippen LogP contribution in [-0.2, 0) is 5.54 Å². The van der Waals surface area contributed by atoms with Gasteiger partial charge in [-0.1, -0.05) is 15.9 Å². The Hall–Kier alpha value is -1.49. The number of dihydropyridines is 1. The maximum Gasteiger partial charge on any atom is 0.118 e. The highest BCUT2D eigenvalue weighted by Crippen LogP contribution is 2.29. The fourth-order valence-corrected chi connectivity index (χ4v) is 1.98. The average molecular weight is 281 g/mol. The van der Waals surface area contributed by atoms with Gasteiger partial charge in [0, 0.05) is 10.7 Å². The van der Waals surface area contributed by atoms with Crippen LogP contribution in [-0.4, -0.2) is 4.98 Å². The third-order valence-electron chi connectivity index (χ3n) is 2.72. The van der Waals surface area contributed by atoms with Crippen molar-refractivity contribution in [2.24, 2.45) is 11.5 Å². The van der Waals surface area contributed by atoms with Crippen LogP contribution in [0.2, 0.25) is 0 Å². The van der Waals surface area contributed by atoms with Crippen molar-refractivity contribution >= 4 is 15.9 Å². The summed E-state index contributed by atoms with van der Waals surface area (Å²) >= 11 is 3.41. The van der Waals surface area contributed by atoms with E-state index in [2.05, 4.69) is 26.2 Å². The molecule has 0 spiro atoms. The predicted octanol–water partition coefficient (Wildman–Crippen LogP) is 1.31. The lowest BCUT2D eigenvalue weighted by molar-refractivity contribution is 0.464. The molecular formula is C11H13BrN4. The van der Waals surface area contributed by atoms with Crippen molar-refractivity contribution in [1.82, 2.24) is 10.3 Å². The lowest BCUT2D eigenvalue weighted by Gasteiger charge is -2.33. The molecule has 0 amide bonds. The molecule has 1 aliphatic heterocycles. The molecule has 2 heterocycles. The van der Waals surface area contributed by atoms with E-state index >= 15 is 0 Å². The molecule has 1 atom stereocenters. The normalized spacial score (nSPS) is 24.4. The summed E-state index contributed by atoms with van der Waals surface area (Å²) in [4.78, 5) is 4.32. The van der Waals surface area contributed by atoms with Gasteiger partial charge in [0.1, 0.15) is 5.54 Å². The number of nitrogens with zero attached hydrogens (tertiary/aromatic N) is 1. The number of nitrogens with two attached hydrogens (primary N) is 2. The second-order valence-electron chi connectivity index (χ2n) is 3.83. The summed E-state index contributed by atoms with van der Waals surface area (Å²) in [7, 11) is 0. The van der Waals surface area contributed by atoms with Gasteiger partial charge in [0.2, 0.25) is 0 Å². The van der Waals surface area contributed by atoms with Crippen LogP contribution in [0.1, 0.15) is 12.6 Å². The zero-order valence-corrected chi connectivity index (χ0v) is 10.5. The molecule has 0 saturated heterocycles. The molecule has 4 nitrogen and oxygen atoms in total. The molecular weight excluding hydrogens is 268 g/mol. The molecule has 0 radical (unpaired) electrons. The van der Waals surface area contributed by atoms with Gasteiger partial charge < -0.3 is 16.8 Å². The topological polar surface area (TPSA) is 77.0 Å². The summed E-state index contributed by atoms with van der Waals surface area (Å²) in [5, 5.41) is 3.19. The van der Waals surface area contributed by atoms with Crippen molar-refractivity contribution in [3.05, 3.63) is 52.2 Å². The summed E-state index contributed by atoms with van der Waals surface area (Å²) in [5.41, 5.74) is 13.3. The van der Waals surface area contributed by atoms with Crippen LogP contribution < -0.4 is 16.8 Å². The molecule has 0 aromatic carbocycles. The number of nitrogens with one attached hydrogen (secondary N) is 1. The van der Waals surface area contributed by atoms with E-state index in [-0.39, 0.29) is 0 Å². The number of hydrogen-bond donors (Lipinski definition) is 3. The highest BCUT2D eigenvalue weighted by molar-refractivity contribution is 9.10. The fourth-order valence-electron chi connectivity index (χ4n) is 1.64. The Morgan fingerprint density at radius 3 is 2.88 bits per heavy atom. The minimum Gasteiger partial charge on any atom is -0.398 e. The molecule has 5 N–H and O–H groups in total. The lowest BCUT2D eigenvalue weighted by Crippen LogP contribution is -2.45. The van der Waals surface area contributed by atoms with Crippen LogP contribution in [0.3, 0.4) is 0 Å². The number of aromatic nitrogens is 1. The predicted molar refractivity (Wildman–Crippen MR) is 67.0 cm³/mol. The van der Waals surface area contributed by atoms with Gasteiger partial charge in [-0.2, -0.15) is 0 Å². The first kappa shape index (κ1) is 11.0. The first-order valence-corrected chi connectivity index (χ1v) is 5.65. The summed E-state index contributed by atoms with van der Waals surface area (Å²) in [6.45, 7) is 1.95. The molecule has 1 aliphatic rings. The average Bonchev–Trinajstić information content (AvgIpc) is 2.26. The van der Waals surface area contributed by atoms with Crippen molar-refractivity contribution in [2.75, 3.05) is 0 Å². The van der Waals surface area contributed by atoms with Crippen LogP contribution in [0.25, 0.3) is 0 Å².